The third-order valence-corrected chi connectivity index (χ3v) is 3.46. The van der Waals surface area contributed by atoms with E-state index in [-0.39, 0.29) is 5.97 Å². The summed E-state index contributed by atoms with van der Waals surface area (Å²) in [6.07, 6.45) is 5.27. The number of esters is 1. The van der Waals surface area contributed by atoms with Gasteiger partial charge in [0.15, 0.2) is 0 Å². The maximum Gasteiger partial charge on any atom is 0.343 e. The summed E-state index contributed by atoms with van der Waals surface area (Å²) in [7, 11) is 0. The summed E-state index contributed by atoms with van der Waals surface area (Å²) in [4.78, 5) is 16.0. The quantitative estimate of drug-likeness (QED) is 0.536. The summed E-state index contributed by atoms with van der Waals surface area (Å²) in [5.74, 6) is 0.129. The van der Waals surface area contributed by atoms with Gasteiger partial charge in [-0.15, -0.1) is 0 Å². The van der Waals surface area contributed by atoms with Crippen LogP contribution in [0.4, 0.5) is 0 Å². The second-order valence-electron chi connectivity index (χ2n) is 4.36. The largest absolute Gasteiger partial charge is 0.423 e. The van der Waals surface area contributed by atoms with Crippen molar-refractivity contribution in [2.24, 2.45) is 0 Å². The van der Waals surface area contributed by atoms with E-state index in [1.807, 2.05) is 22.9 Å². The molecule has 0 N–H and O–H groups in total. The number of carbonyl (C=O) groups excluding carboxylic acids is 1. The van der Waals surface area contributed by atoms with Gasteiger partial charge in [-0.25, -0.2) is 9.78 Å². The molecule has 0 bridgehead atoms. The molecule has 2 aromatic carbocycles. The van der Waals surface area contributed by atoms with Crippen LogP contribution in [0.3, 0.4) is 0 Å². The number of hydrogen-bond acceptors (Lipinski definition) is 3. The van der Waals surface area contributed by atoms with Crippen molar-refractivity contribution in [1.82, 2.24) is 9.55 Å². The predicted octanol–water partition coefficient (Wildman–Crippen LogP) is 3.85. The van der Waals surface area contributed by atoms with Crippen molar-refractivity contribution in [2.75, 3.05) is 0 Å². The van der Waals surface area contributed by atoms with Crippen molar-refractivity contribution >= 4 is 21.9 Å². The number of nitrogens with zero attached hydrogens (tertiary/aromatic N) is 2. The van der Waals surface area contributed by atoms with Gasteiger partial charge in [-0.2, -0.15) is 0 Å². The highest BCUT2D eigenvalue weighted by atomic mass is 79.9. The molecule has 104 valence electrons. The van der Waals surface area contributed by atoms with Crippen LogP contribution in [0.25, 0.3) is 5.69 Å². The molecule has 3 rings (SSSR count). The Kier molecular flexibility index (Phi) is 3.83. The Morgan fingerprint density at radius 2 is 1.76 bits per heavy atom. The Morgan fingerprint density at radius 1 is 1.05 bits per heavy atom. The summed E-state index contributed by atoms with van der Waals surface area (Å²) >= 11 is 3.33. The molecule has 4 nitrogen and oxygen atoms in total. The smallest absolute Gasteiger partial charge is 0.343 e. The van der Waals surface area contributed by atoms with Gasteiger partial charge in [0.2, 0.25) is 0 Å². The van der Waals surface area contributed by atoms with Crippen molar-refractivity contribution in [1.29, 1.82) is 0 Å². The first kappa shape index (κ1) is 13.6. The van der Waals surface area contributed by atoms with E-state index >= 15 is 0 Å². The lowest BCUT2D eigenvalue weighted by molar-refractivity contribution is 0.0735. The molecule has 0 aliphatic heterocycles. The first-order valence-corrected chi connectivity index (χ1v) is 7.08. The van der Waals surface area contributed by atoms with Crippen LogP contribution in [0, 0.1) is 0 Å². The van der Waals surface area contributed by atoms with Crippen LogP contribution in [0.1, 0.15) is 10.4 Å². The predicted molar refractivity (Wildman–Crippen MR) is 82.7 cm³/mol. The van der Waals surface area contributed by atoms with E-state index in [1.165, 1.54) is 0 Å². The number of aromatic nitrogens is 2. The summed E-state index contributed by atoms with van der Waals surface area (Å²) in [6, 6.07) is 14.3. The SMILES string of the molecule is O=C(Oc1ccc(-n2ccnc2)cc1)c1ccc(Br)cc1. The number of rotatable bonds is 3. The zero-order valence-corrected chi connectivity index (χ0v) is 12.5. The third kappa shape index (κ3) is 3.20. The molecule has 0 spiro atoms. The molecule has 1 aromatic heterocycles. The van der Waals surface area contributed by atoms with Crippen LogP contribution in [-0.4, -0.2) is 15.5 Å². The molecule has 0 aliphatic carbocycles. The highest BCUT2D eigenvalue weighted by Crippen LogP contribution is 2.17. The number of carbonyl (C=O) groups is 1. The fourth-order valence-electron chi connectivity index (χ4n) is 1.85. The van der Waals surface area contributed by atoms with Crippen LogP contribution < -0.4 is 4.74 Å². The van der Waals surface area contributed by atoms with Crippen molar-refractivity contribution < 1.29 is 9.53 Å². The lowest BCUT2D eigenvalue weighted by atomic mass is 10.2. The number of ether oxygens (including phenoxy) is 1. The van der Waals surface area contributed by atoms with Gasteiger partial charge in [-0.05, 0) is 48.5 Å². The van der Waals surface area contributed by atoms with Crippen LogP contribution in [-0.2, 0) is 0 Å². The zero-order chi connectivity index (χ0) is 14.7. The first-order valence-electron chi connectivity index (χ1n) is 6.28. The minimum atomic E-state index is -0.377. The standard InChI is InChI=1S/C16H11BrN2O2/c17-13-3-1-12(2-4-13)16(20)21-15-7-5-14(6-8-15)19-10-9-18-11-19/h1-11H. The Balaban J connectivity index is 1.73. The maximum absolute atomic E-state index is 12.0. The van der Waals surface area contributed by atoms with E-state index in [0.29, 0.717) is 11.3 Å². The summed E-state index contributed by atoms with van der Waals surface area (Å²) in [5, 5.41) is 0. The molecule has 5 heteroatoms. The zero-order valence-electron chi connectivity index (χ0n) is 10.9. The molecule has 0 unspecified atom stereocenters. The summed E-state index contributed by atoms with van der Waals surface area (Å²) in [6.45, 7) is 0. The number of benzene rings is 2. The van der Waals surface area contributed by atoms with Crippen LogP contribution in [0.2, 0.25) is 0 Å². The fourth-order valence-corrected chi connectivity index (χ4v) is 2.11. The van der Waals surface area contributed by atoms with Gasteiger partial charge in [-0.1, -0.05) is 15.9 Å². The van der Waals surface area contributed by atoms with Gasteiger partial charge in [0, 0.05) is 22.6 Å². The van der Waals surface area contributed by atoms with E-state index < -0.39 is 0 Å². The van der Waals surface area contributed by atoms with E-state index in [4.69, 9.17) is 4.74 Å². The monoisotopic (exact) mass is 342 g/mol. The molecular formula is C16H11BrN2O2. The molecule has 0 saturated heterocycles. The minimum Gasteiger partial charge on any atom is -0.423 e. The molecule has 0 radical (unpaired) electrons. The van der Waals surface area contributed by atoms with E-state index in [1.54, 1.807) is 48.9 Å². The molecule has 1 heterocycles. The second kappa shape index (κ2) is 5.93. The molecule has 3 aromatic rings. The molecule has 0 fully saturated rings. The van der Waals surface area contributed by atoms with Crippen LogP contribution >= 0.6 is 15.9 Å². The summed E-state index contributed by atoms with van der Waals surface area (Å²) < 4.78 is 8.13. The Hall–Kier alpha value is -2.40. The third-order valence-electron chi connectivity index (χ3n) is 2.93. The molecular weight excluding hydrogens is 332 g/mol. The van der Waals surface area contributed by atoms with Gasteiger partial charge in [-0.3, -0.25) is 0 Å². The minimum absolute atomic E-state index is 0.377. The van der Waals surface area contributed by atoms with Gasteiger partial charge in [0.1, 0.15) is 5.75 Å². The molecule has 0 saturated carbocycles. The highest BCUT2D eigenvalue weighted by molar-refractivity contribution is 9.10. The van der Waals surface area contributed by atoms with Gasteiger partial charge < -0.3 is 9.30 Å². The highest BCUT2D eigenvalue weighted by Gasteiger charge is 2.08. The summed E-state index contributed by atoms with van der Waals surface area (Å²) in [5.41, 5.74) is 1.47. The topological polar surface area (TPSA) is 44.1 Å². The molecule has 0 amide bonds. The van der Waals surface area contributed by atoms with Gasteiger partial charge in [0.25, 0.3) is 0 Å². The van der Waals surface area contributed by atoms with E-state index in [2.05, 4.69) is 20.9 Å². The lowest BCUT2D eigenvalue weighted by Crippen LogP contribution is -2.08. The molecule has 21 heavy (non-hydrogen) atoms. The first-order chi connectivity index (χ1) is 10.2. The van der Waals surface area contributed by atoms with Gasteiger partial charge in [0.05, 0.1) is 11.9 Å². The maximum atomic E-state index is 12.0. The number of imidazole rings is 1. The van der Waals surface area contributed by atoms with Crippen LogP contribution in [0.5, 0.6) is 5.75 Å². The lowest BCUT2D eigenvalue weighted by Gasteiger charge is -2.06. The number of hydrogen-bond donors (Lipinski definition) is 0. The van der Waals surface area contributed by atoms with Crippen molar-refractivity contribution in [3.8, 4) is 11.4 Å². The van der Waals surface area contributed by atoms with E-state index in [0.717, 1.165) is 10.2 Å². The van der Waals surface area contributed by atoms with Crippen LogP contribution in [0.15, 0.2) is 71.7 Å². The Bertz CT molecular complexity index is 735. The normalized spacial score (nSPS) is 10.3. The second-order valence-corrected chi connectivity index (χ2v) is 5.28. The van der Waals surface area contributed by atoms with Crippen molar-refractivity contribution in [2.45, 2.75) is 0 Å². The fraction of sp³-hybridized carbons (Fsp3) is 0. The Morgan fingerprint density at radius 3 is 2.38 bits per heavy atom. The van der Waals surface area contributed by atoms with Crippen molar-refractivity contribution in [3.05, 3.63) is 77.3 Å². The average Bonchev–Trinajstić information content (AvgIpc) is 3.03. The van der Waals surface area contributed by atoms with E-state index in [9.17, 15) is 4.79 Å². The van der Waals surface area contributed by atoms with Gasteiger partial charge >= 0.3 is 5.97 Å². The average molecular weight is 343 g/mol. The Labute approximate surface area is 130 Å². The molecule has 0 atom stereocenters. The van der Waals surface area contributed by atoms with Crippen molar-refractivity contribution in [3.63, 3.8) is 0 Å². The molecule has 0 aliphatic rings. The number of halogens is 1.